The third kappa shape index (κ3) is 4.62. The molecule has 1 fully saturated rings. The van der Waals surface area contributed by atoms with Crippen LogP contribution in [0.15, 0.2) is 0 Å². The first-order valence-corrected chi connectivity index (χ1v) is 4.15. The molecule has 11 heavy (non-hydrogen) atoms. The lowest BCUT2D eigenvalue weighted by atomic mass is 10.1. The van der Waals surface area contributed by atoms with Gasteiger partial charge < -0.3 is 10.1 Å². The first kappa shape index (κ1) is 11.2. The second-order valence-corrected chi connectivity index (χ2v) is 3.13. The van der Waals surface area contributed by atoms with Crippen molar-refractivity contribution in [1.29, 1.82) is 0 Å². The number of hydrogen-bond acceptors (Lipinski definition) is 2. The first-order valence-electron chi connectivity index (χ1n) is 4.15. The van der Waals surface area contributed by atoms with E-state index in [0.717, 1.165) is 13.1 Å². The number of rotatable bonds is 2. The molecule has 1 aliphatic heterocycles. The monoisotopic (exact) mass is 179 g/mol. The lowest BCUT2D eigenvalue weighted by Gasteiger charge is -2.24. The van der Waals surface area contributed by atoms with Gasteiger partial charge >= 0.3 is 0 Å². The summed E-state index contributed by atoms with van der Waals surface area (Å²) in [6.45, 7) is 6.44. The van der Waals surface area contributed by atoms with Gasteiger partial charge in [-0.1, -0.05) is 0 Å². The molecule has 0 saturated carbocycles. The van der Waals surface area contributed by atoms with Gasteiger partial charge in [-0.2, -0.15) is 0 Å². The van der Waals surface area contributed by atoms with Crippen LogP contribution < -0.4 is 5.32 Å². The SMILES string of the molecule is CC(C)OC1CCNCC1.Cl. The molecule has 0 aromatic rings. The van der Waals surface area contributed by atoms with Crippen molar-refractivity contribution in [2.24, 2.45) is 0 Å². The summed E-state index contributed by atoms with van der Waals surface area (Å²) in [5.41, 5.74) is 0. The summed E-state index contributed by atoms with van der Waals surface area (Å²) < 4.78 is 5.65. The summed E-state index contributed by atoms with van der Waals surface area (Å²) >= 11 is 0. The van der Waals surface area contributed by atoms with Crippen molar-refractivity contribution in [2.75, 3.05) is 13.1 Å². The van der Waals surface area contributed by atoms with Crippen molar-refractivity contribution in [3.05, 3.63) is 0 Å². The number of hydrogen-bond donors (Lipinski definition) is 1. The number of nitrogens with one attached hydrogen (secondary N) is 1. The molecule has 68 valence electrons. The zero-order chi connectivity index (χ0) is 7.40. The van der Waals surface area contributed by atoms with Gasteiger partial charge in [0.25, 0.3) is 0 Å². The summed E-state index contributed by atoms with van der Waals surface area (Å²) in [5, 5.41) is 3.31. The Morgan fingerprint density at radius 1 is 1.27 bits per heavy atom. The molecule has 0 bridgehead atoms. The third-order valence-electron chi connectivity index (χ3n) is 1.75. The summed E-state index contributed by atoms with van der Waals surface area (Å²) in [5.74, 6) is 0. The molecule has 1 rings (SSSR count). The molecule has 0 aromatic heterocycles. The predicted molar refractivity (Wildman–Crippen MR) is 49.4 cm³/mol. The maximum atomic E-state index is 5.65. The minimum Gasteiger partial charge on any atom is -0.375 e. The van der Waals surface area contributed by atoms with Crippen molar-refractivity contribution >= 4 is 12.4 Å². The fourth-order valence-electron chi connectivity index (χ4n) is 1.32. The normalized spacial score (nSPS) is 19.9. The van der Waals surface area contributed by atoms with E-state index in [1.54, 1.807) is 0 Å². The Bertz CT molecular complexity index is 92.1. The van der Waals surface area contributed by atoms with Gasteiger partial charge in [0.1, 0.15) is 0 Å². The Labute approximate surface area is 75.1 Å². The van der Waals surface area contributed by atoms with Crippen LogP contribution in [0.25, 0.3) is 0 Å². The number of piperidine rings is 1. The Balaban J connectivity index is 0.000001000. The topological polar surface area (TPSA) is 21.3 Å². The highest BCUT2D eigenvalue weighted by Crippen LogP contribution is 2.08. The minimum absolute atomic E-state index is 0. The van der Waals surface area contributed by atoms with E-state index >= 15 is 0 Å². The van der Waals surface area contributed by atoms with Crippen molar-refractivity contribution in [2.45, 2.75) is 38.9 Å². The number of ether oxygens (including phenoxy) is 1. The second kappa shape index (κ2) is 5.81. The molecule has 1 aliphatic rings. The Morgan fingerprint density at radius 3 is 2.27 bits per heavy atom. The molecule has 1 heterocycles. The summed E-state index contributed by atoms with van der Waals surface area (Å²) in [7, 11) is 0. The van der Waals surface area contributed by atoms with E-state index in [4.69, 9.17) is 4.74 Å². The largest absolute Gasteiger partial charge is 0.375 e. The van der Waals surface area contributed by atoms with Crippen molar-refractivity contribution in [3.63, 3.8) is 0 Å². The van der Waals surface area contributed by atoms with Crippen LogP contribution in [0.2, 0.25) is 0 Å². The Hall–Kier alpha value is 0.210. The van der Waals surface area contributed by atoms with E-state index in [9.17, 15) is 0 Å². The molecule has 2 nitrogen and oxygen atoms in total. The fraction of sp³-hybridized carbons (Fsp3) is 1.00. The molecule has 1 N–H and O–H groups in total. The fourth-order valence-corrected chi connectivity index (χ4v) is 1.32. The Morgan fingerprint density at radius 2 is 1.82 bits per heavy atom. The van der Waals surface area contributed by atoms with E-state index in [-0.39, 0.29) is 12.4 Å². The average molecular weight is 180 g/mol. The lowest BCUT2D eigenvalue weighted by Crippen LogP contribution is -2.33. The average Bonchev–Trinajstić information content (AvgIpc) is 1.88. The zero-order valence-electron chi connectivity index (χ0n) is 7.30. The zero-order valence-corrected chi connectivity index (χ0v) is 8.12. The van der Waals surface area contributed by atoms with E-state index < -0.39 is 0 Å². The first-order chi connectivity index (χ1) is 4.79. The van der Waals surface area contributed by atoms with Gasteiger partial charge in [0.15, 0.2) is 0 Å². The molecule has 3 heteroatoms. The quantitative estimate of drug-likeness (QED) is 0.695. The van der Waals surface area contributed by atoms with E-state index in [2.05, 4.69) is 19.2 Å². The van der Waals surface area contributed by atoms with Gasteiger partial charge in [-0.05, 0) is 39.8 Å². The molecule has 0 spiro atoms. The van der Waals surface area contributed by atoms with E-state index in [1.165, 1.54) is 12.8 Å². The lowest BCUT2D eigenvalue weighted by molar-refractivity contribution is -0.00799. The van der Waals surface area contributed by atoms with Crippen molar-refractivity contribution < 1.29 is 4.74 Å². The van der Waals surface area contributed by atoms with Crippen LogP contribution in [-0.4, -0.2) is 25.3 Å². The number of halogens is 1. The van der Waals surface area contributed by atoms with E-state index in [1.807, 2.05) is 0 Å². The molecular weight excluding hydrogens is 162 g/mol. The summed E-state index contributed by atoms with van der Waals surface area (Å²) in [6.07, 6.45) is 3.26. The molecule has 0 radical (unpaired) electrons. The second-order valence-electron chi connectivity index (χ2n) is 3.13. The highest BCUT2D eigenvalue weighted by molar-refractivity contribution is 5.85. The van der Waals surface area contributed by atoms with Gasteiger partial charge in [0, 0.05) is 0 Å². The molecular formula is C8H18ClNO. The molecule has 0 unspecified atom stereocenters. The molecule has 0 atom stereocenters. The molecule has 1 saturated heterocycles. The van der Waals surface area contributed by atoms with Crippen molar-refractivity contribution in [1.82, 2.24) is 5.32 Å². The minimum atomic E-state index is 0. The van der Waals surface area contributed by atoms with E-state index in [0.29, 0.717) is 12.2 Å². The Kier molecular flexibility index (Phi) is 5.92. The van der Waals surface area contributed by atoms with Crippen LogP contribution in [0.4, 0.5) is 0 Å². The maximum absolute atomic E-state index is 5.65. The van der Waals surface area contributed by atoms with Crippen LogP contribution in [0.1, 0.15) is 26.7 Å². The van der Waals surface area contributed by atoms with Gasteiger partial charge in [-0.25, -0.2) is 0 Å². The smallest absolute Gasteiger partial charge is 0.0602 e. The van der Waals surface area contributed by atoms with Crippen LogP contribution in [0.3, 0.4) is 0 Å². The molecule has 0 amide bonds. The van der Waals surface area contributed by atoms with Crippen LogP contribution in [0, 0.1) is 0 Å². The third-order valence-corrected chi connectivity index (χ3v) is 1.75. The van der Waals surface area contributed by atoms with Gasteiger partial charge in [-0.3, -0.25) is 0 Å². The van der Waals surface area contributed by atoms with Gasteiger partial charge in [-0.15, -0.1) is 12.4 Å². The van der Waals surface area contributed by atoms with Crippen LogP contribution >= 0.6 is 12.4 Å². The highest BCUT2D eigenvalue weighted by Gasteiger charge is 2.13. The predicted octanol–water partition coefficient (Wildman–Crippen LogP) is 1.59. The highest BCUT2D eigenvalue weighted by atomic mass is 35.5. The van der Waals surface area contributed by atoms with Crippen LogP contribution in [0.5, 0.6) is 0 Å². The van der Waals surface area contributed by atoms with Crippen molar-refractivity contribution in [3.8, 4) is 0 Å². The molecule has 0 aliphatic carbocycles. The summed E-state index contributed by atoms with van der Waals surface area (Å²) in [4.78, 5) is 0. The van der Waals surface area contributed by atoms with Crippen LogP contribution in [-0.2, 0) is 4.74 Å². The van der Waals surface area contributed by atoms with Gasteiger partial charge in [0.2, 0.25) is 0 Å². The maximum Gasteiger partial charge on any atom is 0.0602 e. The summed E-state index contributed by atoms with van der Waals surface area (Å²) in [6, 6.07) is 0. The molecule has 0 aromatic carbocycles. The van der Waals surface area contributed by atoms with Gasteiger partial charge in [0.05, 0.1) is 12.2 Å². The standard InChI is InChI=1S/C8H17NO.ClH/c1-7(2)10-8-3-5-9-6-4-8;/h7-9H,3-6H2,1-2H3;1H.